The molecule has 2 N–H and O–H groups in total. The van der Waals surface area contributed by atoms with Crippen LogP contribution in [-0.2, 0) is 0 Å². The normalized spacial score (nSPS) is 14.2. The molecule has 148 valence electrons. The number of nitrogens with one attached hydrogen (secondary N) is 1. The molecule has 0 unspecified atom stereocenters. The maximum absolute atomic E-state index is 12.2. The summed E-state index contributed by atoms with van der Waals surface area (Å²) < 4.78 is 0. The lowest BCUT2D eigenvalue weighted by atomic mass is 10.1. The van der Waals surface area contributed by atoms with Crippen LogP contribution in [-0.4, -0.2) is 48.2 Å². The molecule has 1 saturated heterocycles. The van der Waals surface area contributed by atoms with Gasteiger partial charge in [-0.3, -0.25) is 14.9 Å². The standard InChI is InChI=1S/C20H24N4O4/c1-14(2)21-20(26)15-7-8-16(18(13-15)24(27)28)22-9-11-23(12-10-22)17-5-3-4-6-19(17)25/h3-8,13-14,25H,9-12H2,1-2H3,(H,21,26). The molecule has 0 saturated carbocycles. The third-order valence-corrected chi connectivity index (χ3v) is 4.70. The molecule has 1 amide bonds. The summed E-state index contributed by atoms with van der Waals surface area (Å²) in [4.78, 5) is 27.3. The number of nitrogens with zero attached hydrogens (tertiary/aromatic N) is 3. The highest BCUT2D eigenvalue weighted by Crippen LogP contribution is 2.32. The fraction of sp³-hybridized carbons (Fsp3) is 0.350. The number of para-hydroxylation sites is 2. The van der Waals surface area contributed by atoms with Crippen molar-refractivity contribution in [3.8, 4) is 5.75 Å². The first kappa shape index (κ1) is 19.5. The second-order valence-electron chi connectivity index (χ2n) is 7.05. The SMILES string of the molecule is CC(C)NC(=O)c1ccc(N2CCN(c3ccccc3O)CC2)c([N+](=O)[O-])c1. The Morgan fingerprint density at radius 1 is 1.07 bits per heavy atom. The zero-order chi connectivity index (χ0) is 20.3. The first-order valence-corrected chi connectivity index (χ1v) is 9.24. The predicted molar refractivity (Wildman–Crippen MR) is 108 cm³/mol. The number of anilines is 2. The molecule has 0 aromatic heterocycles. The molecule has 1 fully saturated rings. The van der Waals surface area contributed by atoms with E-state index in [-0.39, 0.29) is 28.9 Å². The van der Waals surface area contributed by atoms with Crippen LogP contribution in [0.2, 0.25) is 0 Å². The number of phenols is 1. The summed E-state index contributed by atoms with van der Waals surface area (Å²) in [7, 11) is 0. The van der Waals surface area contributed by atoms with Gasteiger partial charge in [0.05, 0.1) is 10.6 Å². The van der Waals surface area contributed by atoms with Crippen molar-refractivity contribution in [2.75, 3.05) is 36.0 Å². The average molecular weight is 384 g/mol. The van der Waals surface area contributed by atoms with Crippen LogP contribution in [0.5, 0.6) is 5.75 Å². The van der Waals surface area contributed by atoms with Gasteiger partial charge in [0.25, 0.3) is 11.6 Å². The Bertz CT molecular complexity index is 876. The van der Waals surface area contributed by atoms with Crippen LogP contribution in [0.15, 0.2) is 42.5 Å². The van der Waals surface area contributed by atoms with Gasteiger partial charge in [0.15, 0.2) is 0 Å². The maximum Gasteiger partial charge on any atom is 0.293 e. The van der Waals surface area contributed by atoms with Crippen LogP contribution in [0, 0.1) is 10.1 Å². The molecule has 28 heavy (non-hydrogen) atoms. The molecular formula is C20H24N4O4. The molecule has 3 rings (SSSR count). The minimum atomic E-state index is -0.448. The van der Waals surface area contributed by atoms with Gasteiger partial charge in [-0.15, -0.1) is 0 Å². The molecule has 1 aliphatic heterocycles. The summed E-state index contributed by atoms with van der Waals surface area (Å²) in [5, 5.41) is 24.4. The van der Waals surface area contributed by atoms with Gasteiger partial charge in [-0.05, 0) is 38.1 Å². The Morgan fingerprint density at radius 3 is 2.25 bits per heavy atom. The number of piperazine rings is 1. The highest BCUT2D eigenvalue weighted by molar-refractivity contribution is 5.96. The van der Waals surface area contributed by atoms with Crippen LogP contribution in [0.3, 0.4) is 0 Å². The van der Waals surface area contributed by atoms with Crippen molar-refractivity contribution in [2.45, 2.75) is 19.9 Å². The summed E-state index contributed by atoms with van der Waals surface area (Å²) in [5.74, 6) is -0.100. The number of amides is 1. The smallest absolute Gasteiger partial charge is 0.293 e. The Balaban J connectivity index is 1.78. The number of phenolic OH excluding ortho intramolecular Hbond substituents is 1. The van der Waals surface area contributed by atoms with Crippen molar-refractivity contribution in [3.05, 3.63) is 58.1 Å². The molecule has 1 aliphatic rings. The third-order valence-electron chi connectivity index (χ3n) is 4.70. The van der Waals surface area contributed by atoms with E-state index in [1.165, 1.54) is 6.07 Å². The van der Waals surface area contributed by atoms with Gasteiger partial charge in [0.2, 0.25) is 0 Å². The van der Waals surface area contributed by atoms with E-state index >= 15 is 0 Å². The van der Waals surface area contributed by atoms with E-state index in [9.17, 15) is 20.0 Å². The van der Waals surface area contributed by atoms with E-state index in [4.69, 9.17) is 0 Å². The Kier molecular flexibility index (Phi) is 5.67. The molecule has 0 bridgehead atoms. The number of benzene rings is 2. The second-order valence-corrected chi connectivity index (χ2v) is 7.05. The molecule has 0 spiro atoms. The molecule has 0 aliphatic carbocycles. The van der Waals surface area contributed by atoms with E-state index in [0.29, 0.717) is 31.9 Å². The van der Waals surface area contributed by atoms with Crippen molar-refractivity contribution in [2.24, 2.45) is 0 Å². The van der Waals surface area contributed by atoms with Gasteiger partial charge in [-0.2, -0.15) is 0 Å². The molecule has 2 aromatic carbocycles. The highest BCUT2D eigenvalue weighted by atomic mass is 16.6. The first-order chi connectivity index (χ1) is 13.4. The lowest BCUT2D eigenvalue weighted by Crippen LogP contribution is -2.46. The Morgan fingerprint density at radius 2 is 1.68 bits per heavy atom. The lowest BCUT2D eigenvalue weighted by molar-refractivity contribution is -0.384. The summed E-state index contributed by atoms with van der Waals surface area (Å²) in [6.07, 6.45) is 0. The monoisotopic (exact) mass is 384 g/mol. The number of nitro groups is 1. The van der Waals surface area contributed by atoms with Crippen LogP contribution >= 0.6 is 0 Å². The minimum Gasteiger partial charge on any atom is -0.506 e. The number of carbonyl (C=O) groups is 1. The van der Waals surface area contributed by atoms with E-state index in [2.05, 4.69) is 10.2 Å². The Labute approximate surface area is 163 Å². The van der Waals surface area contributed by atoms with Crippen LogP contribution < -0.4 is 15.1 Å². The zero-order valence-electron chi connectivity index (χ0n) is 16.0. The molecule has 2 aromatic rings. The fourth-order valence-electron chi connectivity index (χ4n) is 3.34. The van der Waals surface area contributed by atoms with E-state index in [0.717, 1.165) is 5.69 Å². The van der Waals surface area contributed by atoms with Gasteiger partial charge in [-0.1, -0.05) is 12.1 Å². The van der Waals surface area contributed by atoms with Gasteiger partial charge in [0.1, 0.15) is 11.4 Å². The zero-order valence-corrected chi connectivity index (χ0v) is 16.0. The number of hydrogen-bond donors (Lipinski definition) is 2. The van der Waals surface area contributed by atoms with Gasteiger partial charge < -0.3 is 20.2 Å². The summed E-state index contributed by atoms with van der Waals surface area (Å²) >= 11 is 0. The van der Waals surface area contributed by atoms with Crippen LogP contribution in [0.1, 0.15) is 24.2 Å². The topological polar surface area (TPSA) is 99.0 Å². The van der Waals surface area contributed by atoms with Crippen molar-refractivity contribution < 1.29 is 14.8 Å². The number of carbonyl (C=O) groups excluding carboxylic acids is 1. The van der Waals surface area contributed by atoms with E-state index in [1.807, 2.05) is 30.9 Å². The number of hydrogen-bond acceptors (Lipinski definition) is 6. The average Bonchev–Trinajstić information content (AvgIpc) is 2.67. The third kappa shape index (κ3) is 4.16. The van der Waals surface area contributed by atoms with Crippen LogP contribution in [0.25, 0.3) is 0 Å². The van der Waals surface area contributed by atoms with Crippen molar-refractivity contribution >= 4 is 23.0 Å². The maximum atomic E-state index is 12.2. The Hall–Kier alpha value is -3.29. The molecule has 8 heteroatoms. The number of aromatic hydroxyl groups is 1. The largest absolute Gasteiger partial charge is 0.506 e. The first-order valence-electron chi connectivity index (χ1n) is 9.24. The molecular weight excluding hydrogens is 360 g/mol. The summed E-state index contributed by atoms with van der Waals surface area (Å²) in [6.45, 7) is 6.09. The van der Waals surface area contributed by atoms with Crippen molar-refractivity contribution in [1.29, 1.82) is 0 Å². The fourth-order valence-corrected chi connectivity index (χ4v) is 3.34. The lowest BCUT2D eigenvalue weighted by Gasteiger charge is -2.37. The number of nitro benzene ring substituents is 1. The van der Waals surface area contributed by atoms with Crippen LogP contribution in [0.4, 0.5) is 17.1 Å². The van der Waals surface area contributed by atoms with Crippen molar-refractivity contribution in [1.82, 2.24) is 5.32 Å². The minimum absolute atomic E-state index is 0.0475. The van der Waals surface area contributed by atoms with Gasteiger partial charge in [0, 0.05) is 43.9 Å². The van der Waals surface area contributed by atoms with E-state index in [1.54, 1.807) is 24.3 Å². The van der Waals surface area contributed by atoms with Gasteiger partial charge in [-0.25, -0.2) is 0 Å². The molecule has 0 atom stereocenters. The predicted octanol–water partition coefficient (Wildman–Crippen LogP) is 2.77. The molecule has 8 nitrogen and oxygen atoms in total. The quantitative estimate of drug-likeness (QED) is 0.607. The highest BCUT2D eigenvalue weighted by Gasteiger charge is 2.26. The van der Waals surface area contributed by atoms with Gasteiger partial charge >= 0.3 is 0 Å². The molecule has 0 radical (unpaired) electrons. The summed E-state index contributed by atoms with van der Waals surface area (Å²) in [5.41, 5.74) is 1.46. The summed E-state index contributed by atoms with van der Waals surface area (Å²) in [6, 6.07) is 11.7. The van der Waals surface area contributed by atoms with E-state index < -0.39 is 4.92 Å². The van der Waals surface area contributed by atoms with Crippen molar-refractivity contribution in [3.63, 3.8) is 0 Å². The molecule has 1 heterocycles. The number of rotatable bonds is 5. The second kappa shape index (κ2) is 8.16.